The molecule has 5 heteroatoms. The number of halogens is 1. The molecule has 0 spiro atoms. The fourth-order valence-electron chi connectivity index (χ4n) is 3.08. The molecule has 3 aromatic rings. The second-order valence-electron chi connectivity index (χ2n) is 5.58. The van der Waals surface area contributed by atoms with Gasteiger partial charge in [-0.1, -0.05) is 30.3 Å². The van der Waals surface area contributed by atoms with Crippen molar-refractivity contribution in [2.45, 2.75) is 6.54 Å². The number of hydrogen-bond acceptors (Lipinski definition) is 2. The van der Waals surface area contributed by atoms with Crippen LogP contribution in [0.3, 0.4) is 0 Å². The summed E-state index contributed by atoms with van der Waals surface area (Å²) >= 11 is 0. The Morgan fingerprint density at radius 2 is 1.38 bits per heavy atom. The molecule has 1 aliphatic heterocycles. The Kier molecular flexibility index (Phi) is 4.32. The van der Waals surface area contributed by atoms with Gasteiger partial charge in [0.1, 0.15) is 0 Å². The van der Waals surface area contributed by atoms with E-state index in [1.54, 1.807) is 12.1 Å². The molecule has 0 saturated heterocycles. The Bertz CT molecular complexity index is 874. The van der Waals surface area contributed by atoms with Gasteiger partial charge in [0.2, 0.25) is 0 Å². The monoisotopic (exact) mass is 338 g/mol. The van der Waals surface area contributed by atoms with Crippen molar-refractivity contribution in [3.8, 4) is 0 Å². The van der Waals surface area contributed by atoms with Crippen LogP contribution in [-0.4, -0.2) is 23.3 Å². The summed E-state index contributed by atoms with van der Waals surface area (Å²) in [6.07, 6.45) is 3.85. The van der Waals surface area contributed by atoms with E-state index in [9.17, 15) is 9.59 Å². The van der Waals surface area contributed by atoms with Gasteiger partial charge in [0.25, 0.3) is 11.8 Å². The average molecular weight is 339 g/mol. The van der Waals surface area contributed by atoms with E-state index in [1.165, 1.54) is 4.90 Å². The SMILES string of the molecule is O=C1c2cccc3cccc(c23)C(=O)N1CC[n+]1ccccc1.[Cl-]. The molecule has 0 bridgehead atoms. The van der Waals surface area contributed by atoms with Gasteiger partial charge >= 0.3 is 0 Å². The number of carbonyl (C=O) groups is 2. The summed E-state index contributed by atoms with van der Waals surface area (Å²) in [4.78, 5) is 26.8. The predicted molar refractivity (Wildman–Crippen MR) is 86.0 cm³/mol. The summed E-state index contributed by atoms with van der Waals surface area (Å²) in [5.41, 5.74) is 1.21. The molecular formula is C19H15ClN2O2. The molecule has 0 fully saturated rings. The lowest BCUT2D eigenvalue weighted by molar-refractivity contribution is -0.695. The third-order valence-electron chi connectivity index (χ3n) is 4.21. The summed E-state index contributed by atoms with van der Waals surface area (Å²) in [7, 11) is 0. The maximum atomic E-state index is 12.7. The Morgan fingerprint density at radius 3 is 1.96 bits per heavy atom. The Labute approximate surface area is 145 Å². The van der Waals surface area contributed by atoms with Crippen LogP contribution < -0.4 is 17.0 Å². The first-order valence-electron chi connectivity index (χ1n) is 7.58. The highest BCUT2D eigenvalue weighted by molar-refractivity contribution is 6.25. The summed E-state index contributed by atoms with van der Waals surface area (Å²) in [5, 5.41) is 1.70. The fraction of sp³-hybridized carbons (Fsp3) is 0.105. The standard InChI is InChI=1S/C19H15N2O2.ClH/c22-18-15-8-4-6-14-7-5-9-16(17(14)15)19(23)21(18)13-12-20-10-2-1-3-11-20;/h1-11H,12-13H2;1H/q+1;/p-1. The van der Waals surface area contributed by atoms with Crippen molar-refractivity contribution in [3.05, 3.63) is 78.1 Å². The highest BCUT2D eigenvalue weighted by Crippen LogP contribution is 2.29. The molecule has 4 rings (SSSR count). The third kappa shape index (κ3) is 2.55. The van der Waals surface area contributed by atoms with Crippen molar-refractivity contribution in [2.75, 3.05) is 6.54 Å². The predicted octanol–water partition coefficient (Wildman–Crippen LogP) is -0.572. The van der Waals surface area contributed by atoms with E-state index in [0.29, 0.717) is 24.2 Å². The highest BCUT2D eigenvalue weighted by Gasteiger charge is 2.32. The number of carbonyl (C=O) groups excluding carboxylic acids is 2. The maximum absolute atomic E-state index is 12.7. The van der Waals surface area contributed by atoms with E-state index in [4.69, 9.17) is 0 Å². The van der Waals surface area contributed by atoms with Crippen LogP contribution in [0.25, 0.3) is 10.8 Å². The summed E-state index contributed by atoms with van der Waals surface area (Å²) in [5.74, 6) is -0.424. The van der Waals surface area contributed by atoms with Gasteiger partial charge in [-0.3, -0.25) is 14.5 Å². The number of hydrogen-bond donors (Lipinski definition) is 0. The summed E-state index contributed by atoms with van der Waals surface area (Å²) < 4.78 is 1.96. The molecule has 4 nitrogen and oxygen atoms in total. The second-order valence-corrected chi connectivity index (χ2v) is 5.58. The molecular weight excluding hydrogens is 324 g/mol. The first kappa shape index (κ1) is 16.1. The smallest absolute Gasteiger partial charge is 0.261 e. The molecule has 2 aromatic carbocycles. The first-order chi connectivity index (χ1) is 11.3. The van der Waals surface area contributed by atoms with Crippen LogP contribution in [0.2, 0.25) is 0 Å². The van der Waals surface area contributed by atoms with E-state index in [1.807, 2.05) is 59.4 Å². The largest absolute Gasteiger partial charge is 1.00 e. The minimum absolute atomic E-state index is 0. The quantitative estimate of drug-likeness (QED) is 0.474. The molecule has 0 radical (unpaired) electrons. The molecule has 2 amide bonds. The van der Waals surface area contributed by atoms with E-state index in [0.717, 1.165) is 10.8 Å². The Morgan fingerprint density at radius 1 is 0.792 bits per heavy atom. The van der Waals surface area contributed by atoms with E-state index < -0.39 is 0 Å². The van der Waals surface area contributed by atoms with Gasteiger partial charge in [-0.05, 0) is 17.5 Å². The normalized spacial score (nSPS) is 13.1. The van der Waals surface area contributed by atoms with Crippen LogP contribution >= 0.6 is 0 Å². The Hall–Kier alpha value is -2.72. The van der Waals surface area contributed by atoms with Gasteiger partial charge in [-0.2, -0.15) is 0 Å². The van der Waals surface area contributed by atoms with Crippen LogP contribution in [0, 0.1) is 0 Å². The van der Waals surface area contributed by atoms with Crippen LogP contribution in [0.1, 0.15) is 20.7 Å². The van der Waals surface area contributed by atoms with Gasteiger partial charge in [-0.15, -0.1) is 0 Å². The molecule has 24 heavy (non-hydrogen) atoms. The molecule has 0 unspecified atom stereocenters. The van der Waals surface area contributed by atoms with Crippen LogP contribution in [-0.2, 0) is 6.54 Å². The average Bonchev–Trinajstić information content (AvgIpc) is 2.60. The minimum atomic E-state index is -0.212. The van der Waals surface area contributed by atoms with E-state index in [-0.39, 0.29) is 24.2 Å². The molecule has 2 heterocycles. The summed E-state index contributed by atoms with van der Waals surface area (Å²) in [6.45, 7) is 0.938. The zero-order valence-corrected chi connectivity index (χ0v) is 13.6. The Balaban J connectivity index is 0.00000169. The lowest BCUT2D eigenvalue weighted by atomic mass is 9.94. The molecule has 0 N–H and O–H groups in total. The van der Waals surface area contributed by atoms with Gasteiger partial charge < -0.3 is 12.4 Å². The number of nitrogens with zero attached hydrogens (tertiary/aromatic N) is 2. The van der Waals surface area contributed by atoms with Crippen molar-refractivity contribution in [2.24, 2.45) is 0 Å². The molecule has 0 aliphatic carbocycles. The van der Waals surface area contributed by atoms with Crippen molar-refractivity contribution < 1.29 is 26.6 Å². The molecule has 1 aliphatic rings. The zero-order chi connectivity index (χ0) is 15.8. The molecule has 0 atom stereocenters. The lowest BCUT2D eigenvalue weighted by Crippen LogP contribution is -3.00. The molecule has 120 valence electrons. The zero-order valence-electron chi connectivity index (χ0n) is 12.9. The third-order valence-corrected chi connectivity index (χ3v) is 4.21. The minimum Gasteiger partial charge on any atom is -1.00 e. The highest BCUT2D eigenvalue weighted by atomic mass is 35.5. The van der Waals surface area contributed by atoms with Gasteiger partial charge in [-0.25, -0.2) is 4.57 Å². The van der Waals surface area contributed by atoms with Gasteiger partial charge in [0.05, 0.1) is 6.54 Å². The number of amides is 2. The van der Waals surface area contributed by atoms with E-state index >= 15 is 0 Å². The van der Waals surface area contributed by atoms with Crippen molar-refractivity contribution in [3.63, 3.8) is 0 Å². The number of rotatable bonds is 3. The number of pyridine rings is 1. The van der Waals surface area contributed by atoms with Crippen molar-refractivity contribution in [1.29, 1.82) is 0 Å². The molecule has 0 saturated carbocycles. The number of imide groups is 1. The van der Waals surface area contributed by atoms with Crippen molar-refractivity contribution in [1.82, 2.24) is 4.90 Å². The van der Waals surface area contributed by atoms with Gasteiger partial charge in [0, 0.05) is 28.6 Å². The van der Waals surface area contributed by atoms with Crippen LogP contribution in [0.15, 0.2) is 67.0 Å². The topological polar surface area (TPSA) is 41.3 Å². The first-order valence-corrected chi connectivity index (χ1v) is 7.58. The van der Waals surface area contributed by atoms with Crippen LogP contribution in [0.4, 0.5) is 0 Å². The van der Waals surface area contributed by atoms with Crippen molar-refractivity contribution >= 4 is 22.6 Å². The number of benzene rings is 2. The van der Waals surface area contributed by atoms with Gasteiger partial charge in [0.15, 0.2) is 18.9 Å². The fourth-order valence-corrected chi connectivity index (χ4v) is 3.08. The summed E-state index contributed by atoms with van der Waals surface area (Å²) in [6, 6.07) is 17.0. The van der Waals surface area contributed by atoms with E-state index in [2.05, 4.69) is 0 Å². The maximum Gasteiger partial charge on any atom is 0.261 e. The van der Waals surface area contributed by atoms with Crippen LogP contribution in [0.5, 0.6) is 0 Å². The lowest BCUT2D eigenvalue weighted by Gasteiger charge is -2.26. The second kappa shape index (κ2) is 6.42. The molecule has 1 aromatic heterocycles. The number of aromatic nitrogens is 1.